The lowest BCUT2D eigenvalue weighted by molar-refractivity contribution is 0.558. The second kappa shape index (κ2) is 5.19. The Hall–Kier alpha value is -1.98. The van der Waals surface area contributed by atoms with Gasteiger partial charge in [-0.25, -0.2) is 4.98 Å². The summed E-state index contributed by atoms with van der Waals surface area (Å²) in [6, 6.07) is 9.65. The highest BCUT2D eigenvalue weighted by atomic mass is 32.1. The summed E-state index contributed by atoms with van der Waals surface area (Å²) in [4.78, 5) is 17.3. The van der Waals surface area contributed by atoms with Crippen LogP contribution >= 0.6 is 11.3 Å². The monoisotopic (exact) mass is 285 g/mol. The van der Waals surface area contributed by atoms with E-state index >= 15 is 0 Å². The van der Waals surface area contributed by atoms with E-state index in [0.717, 1.165) is 10.4 Å². The van der Waals surface area contributed by atoms with Crippen molar-refractivity contribution in [3.63, 3.8) is 0 Å². The first-order valence-electron chi connectivity index (χ1n) is 6.40. The van der Waals surface area contributed by atoms with Crippen LogP contribution in [0.2, 0.25) is 0 Å². The summed E-state index contributed by atoms with van der Waals surface area (Å²) in [5.74, 6) is 0. The van der Waals surface area contributed by atoms with E-state index in [0.29, 0.717) is 11.9 Å². The number of thiophene rings is 1. The van der Waals surface area contributed by atoms with Crippen molar-refractivity contribution in [3.8, 4) is 0 Å². The van der Waals surface area contributed by atoms with Crippen LogP contribution in [0.1, 0.15) is 17.2 Å². The van der Waals surface area contributed by atoms with Gasteiger partial charge in [0.2, 0.25) is 0 Å². The molecule has 0 aliphatic carbocycles. The Kier molecular flexibility index (Phi) is 3.38. The molecule has 3 rings (SSSR count). The van der Waals surface area contributed by atoms with Gasteiger partial charge in [0, 0.05) is 12.6 Å². The van der Waals surface area contributed by atoms with Crippen LogP contribution in [-0.2, 0) is 6.54 Å². The van der Waals surface area contributed by atoms with Gasteiger partial charge in [-0.3, -0.25) is 9.36 Å². The van der Waals surface area contributed by atoms with Crippen molar-refractivity contribution in [2.75, 3.05) is 0 Å². The average Bonchev–Trinajstić information content (AvgIpc) is 2.92. The molecule has 20 heavy (non-hydrogen) atoms. The van der Waals surface area contributed by atoms with Crippen molar-refractivity contribution < 1.29 is 0 Å². The molecule has 0 saturated carbocycles. The number of aromatic nitrogens is 2. The van der Waals surface area contributed by atoms with Crippen LogP contribution < -0.4 is 11.3 Å². The van der Waals surface area contributed by atoms with E-state index in [-0.39, 0.29) is 11.6 Å². The van der Waals surface area contributed by atoms with Crippen LogP contribution in [0.25, 0.3) is 10.2 Å². The van der Waals surface area contributed by atoms with E-state index < -0.39 is 0 Å². The smallest absolute Gasteiger partial charge is 0.262 e. The van der Waals surface area contributed by atoms with Gasteiger partial charge in [0.15, 0.2) is 0 Å². The third kappa shape index (κ3) is 2.37. The van der Waals surface area contributed by atoms with Gasteiger partial charge in [-0.05, 0) is 23.9 Å². The predicted molar refractivity (Wildman–Crippen MR) is 82.0 cm³/mol. The number of hydrogen-bond acceptors (Lipinski definition) is 4. The molecule has 4 nitrogen and oxygen atoms in total. The number of fused-ring (bicyclic) bond motifs is 1. The minimum Gasteiger partial charge on any atom is -0.322 e. The molecular formula is C15H15N3OS. The molecule has 0 radical (unpaired) electrons. The molecule has 3 aromatic rings. The minimum atomic E-state index is -0.216. The fourth-order valence-electron chi connectivity index (χ4n) is 2.15. The van der Waals surface area contributed by atoms with Crippen molar-refractivity contribution in [2.45, 2.75) is 19.5 Å². The number of nitrogens with zero attached hydrogens (tertiary/aromatic N) is 2. The largest absolute Gasteiger partial charge is 0.322 e. The summed E-state index contributed by atoms with van der Waals surface area (Å²) in [6.07, 6.45) is 1.58. The lowest BCUT2D eigenvalue weighted by atomic mass is 10.1. The quantitative estimate of drug-likeness (QED) is 0.804. The zero-order chi connectivity index (χ0) is 14.1. The van der Waals surface area contributed by atoms with Crippen LogP contribution in [-0.4, -0.2) is 9.55 Å². The Morgan fingerprint density at radius 1 is 1.30 bits per heavy atom. The molecular weight excluding hydrogens is 270 g/mol. The molecule has 1 atom stereocenters. The lowest BCUT2D eigenvalue weighted by Crippen LogP contribution is -2.26. The van der Waals surface area contributed by atoms with Gasteiger partial charge >= 0.3 is 0 Å². The minimum absolute atomic E-state index is 0.0289. The fraction of sp³-hybridized carbons (Fsp3) is 0.200. The molecule has 0 spiro atoms. The van der Waals surface area contributed by atoms with E-state index in [1.165, 1.54) is 16.9 Å². The highest BCUT2D eigenvalue weighted by Gasteiger charge is 2.10. The van der Waals surface area contributed by atoms with Crippen LogP contribution in [0.4, 0.5) is 0 Å². The molecule has 1 unspecified atom stereocenters. The zero-order valence-electron chi connectivity index (χ0n) is 11.1. The molecule has 2 N–H and O–H groups in total. The van der Waals surface area contributed by atoms with Gasteiger partial charge in [0.05, 0.1) is 11.7 Å². The van der Waals surface area contributed by atoms with Gasteiger partial charge in [-0.1, -0.05) is 29.8 Å². The Bertz CT molecular complexity index is 789. The van der Waals surface area contributed by atoms with Crippen molar-refractivity contribution in [1.82, 2.24) is 9.55 Å². The normalized spacial score (nSPS) is 12.7. The summed E-state index contributed by atoms with van der Waals surface area (Å²) >= 11 is 1.47. The summed E-state index contributed by atoms with van der Waals surface area (Å²) < 4.78 is 1.58. The molecule has 2 aromatic heterocycles. The molecule has 0 fully saturated rings. The number of aryl methyl sites for hydroxylation is 1. The number of hydrogen-bond donors (Lipinski definition) is 1. The van der Waals surface area contributed by atoms with Gasteiger partial charge < -0.3 is 5.73 Å². The first-order valence-corrected chi connectivity index (χ1v) is 7.28. The molecule has 1 aromatic carbocycles. The van der Waals surface area contributed by atoms with E-state index in [2.05, 4.69) is 4.98 Å². The fourth-order valence-corrected chi connectivity index (χ4v) is 2.88. The molecule has 0 aliphatic heterocycles. The third-order valence-corrected chi connectivity index (χ3v) is 4.17. The van der Waals surface area contributed by atoms with Gasteiger partial charge in [-0.15, -0.1) is 11.3 Å². The molecule has 5 heteroatoms. The Morgan fingerprint density at radius 3 is 2.80 bits per heavy atom. The number of benzene rings is 1. The van der Waals surface area contributed by atoms with Crippen molar-refractivity contribution in [1.29, 1.82) is 0 Å². The predicted octanol–water partition coefficient (Wildman–Crippen LogP) is 2.47. The number of nitrogens with two attached hydrogens (primary N) is 1. The maximum atomic E-state index is 12.3. The summed E-state index contributed by atoms with van der Waals surface area (Å²) in [5, 5.41) is 2.54. The van der Waals surface area contributed by atoms with Crippen molar-refractivity contribution in [2.24, 2.45) is 5.73 Å². The SMILES string of the molecule is Cc1ccc(C(N)Cn2cnc3sccc3c2=O)cc1. The maximum absolute atomic E-state index is 12.3. The zero-order valence-corrected chi connectivity index (χ0v) is 11.9. The van der Waals surface area contributed by atoms with E-state index in [1.807, 2.05) is 42.6 Å². The molecule has 0 aliphatic rings. The van der Waals surface area contributed by atoms with Crippen LogP contribution in [0.15, 0.2) is 46.8 Å². The molecule has 0 saturated heterocycles. The molecule has 2 heterocycles. The highest BCUT2D eigenvalue weighted by Crippen LogP contribution is 2.15. The number of rotatable bonds is 3. The second-order valence-electron chi connectivity index (χ2n) is 4.86. The summed E-state index contributed by atoms with van der Waals surface area (Å²) in [5.41, 5.74) is 8.37. The van der Waals surface area contributed by atoms with Crippen LogP contribution in [0.5, 0.6) is 0 Å². The summed E-state index contributed by atoms with van der Waals surface area (Å²) in [7, 11) is 0. The van der Waals surface area contributed by atoms with Crippen LogP contribution in [0, 0.1) is 6.92 Å². The van der Waals surface area contributed by atoms with E-state index in [1.54, 1.807) is 10.9 Å². The van der Waals surface area contributed by atoms with Gasteiger partial charge in [0.25, 0.3) is 5.56 Å². The standard InChI is InChI=1S/C15H15N3OS/c1-10-2-4-11(5-3-10)13(16)8-18-9-17-14-12(15(18)19)6-7-20-14/h2-7,9,13H,8,16H2,1H3. The van der Waals surface area contributed by atoms with Crippen molar-refractivity contribution in [3.05, 3.63) is 63.5 Å². The third-order valence-electron chi connectivity index (χ3n) is 3.35. The Morgan fingerprint density at radius 2 is 2.05 bits per heavy atom. The van der Waals surface area contributed by atoms with E-state index in [9.17, 15) is 4.79 Å². The second-order valence-corrected chi connectivity index (χ2v) is 5.75. The van der Waals surface area contributed by atoms with E-state index in [4.69, 9.17) is 5.73 Å². The molecule has 0 bridgehead atoms. The Labute approximate surface area is 120 Å². The Balaban J connectivity index is 1.90. The van der Waals surface area contributed by atoms with Crippen LogP contribution in [0.3, 0.4) is 0 Å². The first kappa shape index (κ1) is 13.0. The lowest BCUT2D eigenvalue weighted by Gasteiger charge is -2.14. The average molecular weight is 285 g/mol. The van der Waals surface area contributed by atoms with Crippen molar-refractivity contribution >= 4 is 21.6 Å². The van der Waals surface area contributed by atoms with Gasteiger partial charge in [-0.2, -0.15) is 0 Å². The first-order chi connectivity index (χ1) is 9.65. The highest BCUT2D eigenvalue weighted by molar-refractivity contribution is 7.16. The topological polar surface area (TPSA) is 60.9 Å². The maximum Gasteiger partial charge on any atom is 0.262 e. The summed E-state index contributed by atoms with van der Waals surface area (Å²) in [6.45, 7) is 2.47. The molecule has 102 valence electrons. The van der Waals surface area contributed by atoms with Gasteiger partial charge in [0.1, 0.15) is 4.83 Å². The molecule has 0 amide bonds.